The highest BCUT2D eigenvalue weighted by Crippen LogP contribution is 2.13. The first-order valence-electron chi connectivity index (χ1n) is 7.49. The van der Waals surface area contributed by atoms with Gasteiger partial charge in [-0.05, 0) is 24.1 Å². The van der Waals surface area contributed by atoms with Crippen molar-refractivity contribution in [2.75, 3.05) is 6.54 Å². The zero-order valence-corrected chi connectivity index (χ0v) is 14.1. The molecule has 2 amide bonds. The third-order valence-corrected chi connectivity index (χ3v) is 4.88. The van der Waals surface area contributed by atoms with Crippen LogP contribution >= 0.6 is 0 Å². The van der Waals surface area contributed by atoms with Crippen LogP contribution in [-0.2, 0) is 26.0 Å². The summed E-state index contributed by atoms with van der Waals surface area (Å²) < 4.78 is 26.6. The van der Waals surface area contributed by atoms with Crippen molar-refractivity contribution < 1.29 is 23.2 Å². The second-order valence-corrected chi connectivity index (χ2v) is 7.08. The van der Waals surface area contributed by atoms with E-state index in [1.165, 1.54) is 12.1 Å². The Hall–Kier alpha value is -2.71. The number of hydroxylamine groups is 2. The van der Waals surface area contributed by atoms with Crippen molar-refractivity contribution in [1.82, 2.24) is 9.79 Å². The van der Waals surface area contributed by atoms with Crippen LogP contribution in [0.4, 0.5) is 0 Å². The molecule has 0 spiro atoms. The van der Waals surface area contributed by atoms with E-state index in [1.807, 2.05) is 10.8 Å². The Bertz CT molecular complexity index is 809. The van der Waals surface area contributed by atoms with Gasteiger partial charge in [0, 0.05) is 0 Å². The molecule has 0 heterocycles. The predicted octanol–water partition coefficient (Wildman–Crippen LogP) is 1.20. The number of hydrogen-bond acceptors (Lipinski definition) is 5. The van der Waals surface area contributed by atoms with Gasteiger partial charge in [0.15, 0.2) is 0 Å². The van der Waals surface area contributed by atoms with Gasteiger partial charge in [-0.1, -0.05) is 48.5 Å². The molecule has 0 aliphatic carbocycles. The topological polar surface area (TPSA) is 104 Å². The number of nitrogens with zero attached hydrogens (tertiary/aromatic N) is 1. The van der Waals surface area contributed by atoms with Gasteiger partial charge in [-0.3, -0.25) is 14.8 Å². The number of sulfonamides is 1. The fourth-order valence-electron chi connectivity index (χ4n) is 2.28. The largest absolute Gasteiger partial charge is 0.286 e. The average Bonchev–Trinajstić information content (AvgIpc) is 2.62. The number of rotatable bonds is 8. The number of amides is 2. The highest BCUT2D eigenvalue weighted by molar-refractivity contribution is 7.90. The van der Waals surface area contributed by atoms with Crippen LogP contribution in [-0.4, -0.2) is 37.6 Å². The number of hydrogen-bond donors (Lipinski definition) is 2. The van der Waals surface area contributed by atoms with Crippen molar-refractivity contribution in [3.63, 3.8) is 0 Å². The Kier molecular flexibility index (Phi) is 6.26. The molecule has 0 saturated carbocycles. The van der Waals surface area contributed by atoms with Gasteiger partial charge >= 0.3 is 0 Å². The normalized spacial score (nSPS) is 12.2. The molecule has 1 unspecified atom stereocenters. The van der Waals surface area contributed by atoms with Gasteiger partial charge < -0.3 is 0 Å². The zero-order valence-electron chi connectivity index (χ0n) is 13.3. The predicted molar refractivity (Wildman–Crippen MR) is 90.0 cm³/mol. The second-order valence-electron chi connectivity index (χ2n) is 5.40. The maximum absolute atomic E-state index is 12.4. The summed E-state index contributed by atoms with van der Waals surface area (Å²) in [6, 6.07) is 16.4. The van der Waals surface area contributed by atoms with Crippen LogP contribution in [0.15, 0.2) is 65.6 Å². The summed E-state index contributed by atoms with van der Waals surface area (Å²) in [6.45, 7) is -0.325. The van der Waals surface area contributed by atoms with E-state index in [4.69, 9.17) is 0 Å². The van der Waals surface area contributed by atoms with Crippen molar-refractivity contribution in [2.45, 2.75) is 11.3 Å². The molecule has 0 radical (unpaired) electrons. The van der Waals surface area contributed by atoms with Gasteiger partial charge in [0.25, 0.3) is 10.0 Å². The lowest BCUT2D eigenvalue weighted by Gasteiger charge is -2.19. The molecular formula is C17H18N2O5S. The van der Waals surface area contributed by atoms with E-state index in [0.29, 0.717) is 5.06 Å². The molecule has 0 bridgehead atoms. The van der Waals surface area contributed by atoms with Crippen molar-refractivity contribution in [1.29, 1.82) is 0 Å². The summed E-state index contributed by atoms with van der Waals surface area (Å²) in [5.41, 5.74) is 0.777. The molecule has 0 aliphatic heterocycles. The van der Waals surface area contributed by atoms with E-state index < -0.39 is 21.8 Å². The second kappa shape index (κ2) is 8.41. The van der Waals surface area contributed by atoms with Crippen LogP contribution in [0.5, 0.6) is 0 Å². The summed E-state index contributed by atoms with van der Waals surface area (Å²) >= 11 is 0. The van der Waals surface area contributed by atoms with Crippen LogP contribution in [0.2, 0.25) is 0 Å². The molecule has 1 atom stereocenters. The summed E-state index contributed by atoms with van der Waals surface area (Å²) in [6.07, 6.45) is 0.332. The lowest BCUT2D eigenvalue weighted by Crippen LogP contribution is -2.41. The lowest BCUT2D eigenvalue weighted by atomic mass is 9.99. The highest BCUT2D eigenvalue weighted by Gasteiger charge is 2.26. The number of carbonyl (C=O) groups excluding carboxylic acids is 2. The van der Waals surface area contributed by atoms with Gasteiger partial charge in [-0.2, -0.15) is 0 Å². The molecule has 2 aromatic rings. The molecule has 2 N–H and O–H groups in total. The molecule has 7 nitrogen and oxygen atoms in total. The van der Waals surface area contributed by atoms with E-state index in [0.717, 1.165) is 5.56 Å². The molecular weight excluding hydrogens is 344 g/mol. The Labute approximate surface area is 145 Å². The minimum Gasteiger partial charge on any atom is -0.286 e. The SMILES string of the molecule is O=CN(O)CC(Cc1ccccc1)C(=O)NS(=O)(=O)c1ccccc1. The Morgan fingerprint density at radius 1 is 1.08 bits per heavy atom. The first kappa shape index (κ1) is 18.6. The smallest absolute Gasteiger partial charge is 0.264 e. The van der Waals surface area contributed by atoms with Crippen LogP contribution < -0.4 is 4.72 Å². The van der Waals surface area contributed by atoms with Gasteiger partial charge in [0.2, 0.25) is 12.3 Å². The molecule has 132 valence electrons. The summed E-state index contributed by atoms with van der Waals surface area (Å²) in [5, 5.41) is 9.73. The third-order valence-electron chi connectivity index (χ3n) is 3.51. The first-order valence-corrected chi connectivity index (χ1v) is 8.97. The van der Waals surface area contributed by atoms with Crippen LogP contribution in [0.25, 0.3) is 0 Å². The quantitative estimate of drug-likeness (QED) is 0.417. The highest BCUT2D eigenvalue weighted by atomic mass is 32.2. The van der Waals surface area contributed by atoms with E-state index >= 15 is 0 Å². The fourth-order valence-corrected chi connectivity index (χ4v) is 3.35. The lowest BCUT2D eigenvalue weighted by molar-refractivity contribution is -0.154. The zero-order chi connectivity index (χ0) is 18.3. The van der Waals surface area contributed by atoms with Crippen molar-refractivity contribution >= 4 is 22.3 Å². The summed E-state index contributed by atoms with van der Waals surface area (Å²) in [4.78, 5) is 23.0. The molecule has 8 heteroatoms. The van der Waals surface area contributed by atoms with Crippen molar-refractivity contribution in [3.8, 4) is 0 Å². The standard InChI is InChI=1S/C17H18N2O5S/c20-13-19(22)12-15(11-14-7-3-1-4-8-14)17(21)18-25(23,24)16-9-5-2-6-10-16/h1-10,13,15,22H,11-12H2,(H,18,21). The number of benzene rings is 2. The minimum atomic E-state index is -4.03. The maximum atomic E-state index is 12.4. The Morgan fingerprint density at radius 3 is 2.20 bits per heavy atom. The van der Waals surface area contributed by atoms with Crippen LogP contribution in [0, 0.1) is 5.92 Å². The van der Waals surface area contributed by atoms with E-state index in [9.17, 15) is 23.2 Å². The maximum Gasteiger partial charge on any atom is 0.264 e. The minimum absolute atomic E-state index is 0.0435. The summed E-state index contributed by atoms with van der Waals surface area (Å²) in [7, 11) is -4.03. The summed E-state index contributed by atoms with van der Waals surface area (Å²) in [5.74, 6) is -1.73. The van der Waals surface area contributed by atoms with Gasteiger partial charge in [0.1, 0.15) is 0 Å². The Balaban J connectivity index is 2.18. The Morgan fingerprint density at radius 2 is 1.64 bits per heavy atom. The van der Waals surface area contributed by atoms with Gasteiger partial charge in [0.05, 0.1) is 17.4 Å². The van der Waals surface area contributed by atoms with Crippen LogP contribution in [0.3, 0.4) is 0 Å². The van der Waals surface area contributed by atoms with E-state index in [2.05, 4.69) is 0 Å². The van der Waals surface area contributed by atoms with Crippen LogP contribution in [0.1, 0.15) is 5.56 Å². The molecule has 0 saturated heterocycles. The monoisotopic (exact) mass is 362 g/mol. The van der Waals surface area contributed by atoms with E-state index in [1.54, 1.807) is 42.5 Å². The van der Waals surface area contributed by atoms with Gasteiger partial charge in [-0.15, -0.1) is 0 Å². The number of nitrogens with one attached hydrogen (secondary N) is 1. The van der Waals surface area contributed by atoms with E-state index in [-0.39, 0.29) is 24.3 Å². The molecule has 0 aromatic heterocycles. The number of carbonyl (C=O) groups is 2. The molecule has 25 heavy (non-hydrogen) atoms. The first-order chi connectivity index (χ1) is 11.9. The molecule has 0 fully saturated rings. The third kappa shape index (κ3) is 5.40. The van der Waals surface area contributed by atoms with Crippen molar-refractivity contribution in [3.05, 3.63) is 66.2 Å². The average molecular weight is 362 g/mol. The molecule has 2 rings (SSSR count). The van der Waals surface area contributed by atoms with Gasteiger partial charge in [-0.25, -0.2) is 18.2 Å². The molecule has 2 aromatic carbocycles. The fraction of sp³-hybridized carbons (Fsp3) is 0.176. The van der Waals surface area contributed by atoms with Crippen molar-refractivity contribution in [2.24, 2.45) is 5.92 Å². The molecule has 0 aliphatic rings.